The second-order valence-electron chi connectivity index (χ2n) is 10.0. The number of likely N-dealkylation sites (N-methyl/N-ethyl adjacent to an activating group) is 1. The Morgan fingerprint density at radius 1 is 1.25 bits per heavy atom. The molecule has 194 valence electrons. The number of benzene rings is 2. The van der Waals surface area contributed by atoms with Gasteiger partial charge in [0.15, 0.2) is 5.75 Å². The largest absolute Gasteiger partial charge is 0.486 e. The van der Waals surface area contributed by atoms with Crippen LogP contribution < -0.4 is 10.1 Å². The minimum Gasteiger partial charge on any atom is -0.486 e. The van der Waals surface area contributed by atoms with Gasteiger partial charge in [0, 0.05) is 31.5 Å². The number of rotatable bonds is 8. The van der Waals surface area contributed by atoms with Gasteiger partial charge in [0.25, 0.3) is 5.91 Å². The molecular formula is C27H33Cl2N3O4. The lowest BCUT2D eigenvalue weighted by Crippen LogP contribution is -2.49. The molecule has 2 amide bonds. The quantitative estimate of drug-likeness (QED) is 0.514. The van der Waals surface area contributed by atoms with Crippen molar-refractivity contribution in [2.24, 2.45) is 11.8 Å². The zero-order valence-corrected chi connectivity index (χ0v) is 22.4. The first-order valence-electron chi connectivity index (χ1n) is 12.3. The van der Waals surface area contributed by atoms with Crippen LogP contribution in [0.15, 0.2) is 36.4 Å². The van der Waals surface area contributed by atoms with Crippen molar-refractivity contribution in [3.63, 3.8) is 0 Å². The maximum atomic E-state index is 13.5. The first-order valence-corrected chi connectivity index (χ1v) is 13.1. The Balaban J connectivity index is 1.63. The van der Waals surface area contributed by atoms with Crippen molar-refractivity contribution in [3.05, 3.63) is 57.6 Å². The number of hydrogen-bond donors (Lipinski definition) is 2. The van der Waals surface area contributed by atoms with Gasteiger partial charge in [-0.15, -0.1) is 0 Å². The molecule has 1 fully saturated rings. The molecule has 2 aliphatic rings. The fourth-order valence-electron chi connectivity index (χ4n) is 4.46. The van der Waals surface area contributed by atoms with E-state index < -0.39 is 0 Å². The van der Waals surface area contributed by atoms with Gasteiger partial charge in [0.05, 0.1) is 33.9 Å². The molecule has 0 spiro atoms. The van der Waals surface area contributed by atoms with Crippen molar-refractivity contribution >= 4 is 40.7 Å². The van der Waals surface area contributed by atoms with Gasteiger partial charge in [-0.05, 0) is 56.6 Å². The van der Waals surface area contributed by atoms with Crippen LogP contribution in [0.4, 0.5) is 5.69 Å². The topological polar surface area (TPSA) is 82.1 Å². The lowest BCUT2D eigenvalue weighted by molar-refractivity contribution is -0.117. The molecule has 3 atom stereocenters. The third kappa shape index (κ3) is 6.14. The lowest BCUT2D eigenvalue weighted by Gasteiger charge is -2.38. The van der Waals surface area contributed by atoms with Crippen LogP contribution in [0.3, 0.4) is 0 Å². The van der Waals surface area contributed by atoms with Gasteiger partial charge in [-0.3, -0.25) is 14.5 Å². The average molecular weight is 534 g/mol. The maximum absolute atomic E-state index is 13.5. The number of carbonyl (C=O) groups excluding carboxylic acids is 2. The molecule has 9 heteroatoms. The second-order valence-corrected chi connectivity index (χ2v) is 10.8. The average Bonchev–Trinajstić information content (AvgIpc) is 3.69. The van der Waals surface area contributed by atoms with Crippen LogP contribution in [0.2, 0.25) is 10.0 Å². The molecule has 2 aromatic carbocycles. The molecule has 0 saturated heterocycles. The smallest absolute Gasteiger partial charge is 0.258 e. The second kappa shape index (κ2) is 11.4. The molecule has 0 radical (unpaired) electrons. The maximum Gasteiger partial charge on any atom is 0.258 e. The number of aliphatic hydroxyl groups excluding tert-OH is 1. The number of nitrogens with zero attached hydrogens (tertiary/aromatic N) is 2. The number of hydrogen-bond acceptors (Lipinski definition) is 5. The monoisotopic (exact) mass is 533 g/mol. The molecule has 1 heterocycles. The number of fused-ring (bicyclic) bond motifs is 1. The number of nitrogens with one attached hydrogen (secondary N) is 1. The molecule has 1 aliphatic heterocycles. The normalized spacial score (nSPS) is 20.9. The number of anilines is 1. The molecule has 1 saturated carbocycles. The van der Waals surface area contributed by atoms with Crippen LogP contribution in [-0.4, -0.2) is 65.6 Å². The predicted octanol–water partition coefficient (Wildman–Crippen LogP) is 4.69. The summed E-state index contributed by atoms with van der Waals surface area (Å²) in [6, 6.07) is 10.5. The fraction of sp³-hybridized carbons (Fsp3) is 0.481. The van der Waals surface area contributed by atoms with Crippen molar-refractivity contribution in [2.75, 3.05) is 32.1 Å². The van der Waals surface area contributed by atoms with Crippen LogP contribution in [0.1, 0.15) is 42.6 Å². The summed E-state index contributed by atoms with van der Waals surface area (Å²) in [5.41, 5.74) is 1.91. The number of para-hydroxylation sites is 1. The van der Waals surface area contributed by atoms with Crippen molar-refractivity contribution in [3.8, 4) is 5.75 Å². The van der Waals surface area contributed by atoms with Gasteiger partial charge < -0.3 is 20.1 Å². The standard InChI is InChI=1S/C27H33Cl2N3O4/c1-16-12-32(17(2)15-33)27(35)20-5-4-6-23(30-26(34)19-8-9-19)25(20)36-24(16)14-31(3)13-18-7-10-21(28)22(29)11-18/h4-7,10-11,16-17,19,24,33H,8-9,12-15H2,1-3H3,(H,30,34)/t16-,17+,24-/m0/s1. The van der Waals surface area contributed by atoms with E-state index >= 15 is 0 Å². The highest BCUT2D eigenvalue weighted by Gasteiger charge is 2.36. The molecule has 4 rings (SSSR count). The molecule has 36 heavy (non-hydrogen) atoms. The van der Waals surface area contributed by atoms with Crippen molar-refractivity contribution < 1.29 is 19.4 Å². The summed E-state index contributed by atoms with van der Waals surface area (Å²) < 4.78 is 6.55. The highest BCUT2D eigenvalue weighted by molar-refractivity contribution is 6.42. The Morgan fingerprint density at radius 3 is 2.67 bits per heavy atom. The first-order chi connectivity index (χ1) is 17.2. The molecule has 0 unspecified atom stereocenters. The van der Waals surface area contributed by atoms with Gasteiger partial charge in [-0.2, -0.15) is 0 Å². The Morgan fingerprint density at radius 2 is 2.00 bits per heavy atom. The van der Waals surface area contributed by atoms with Crippen LogP contribution in [0.25, 0.3) is 0 Å². The summed E-state index contributed by atoms with van der Waals surface area (Å²) in [5, 5.41) is 13.8. The minimum atomic E-state index is -0.356. The number of ether oxygens (including phenoxy) is 1. The molecule has 7 nitrogen and oxygen atoms in total. The summed E-state index contributed by atoms with van der Waals surface area (Å²) in [4.78, 5) is 29.9. The van der Waals surface area contributed by atoms with E-state index in [0.29, 0.717) is 46.7 Å². The summed E-state index contributed by atoms with van der Waals surface area (Å²) >= 11 is 12.3. The van der Waals surface area contributed by atoms with Crippen LogP contribution >= 0.6 is 23.2 Å². The summed E-state index contributed by atoms with van der Waals surface area (Å²) in [5.74, 6) is 0.0840. The number of aliphatic hydroxyl groups is 1. The van der Waals surface area contributed by atoms with Crippen molar-refractivity contribution in [1.82, 2.24) is 9.80 Å². The molecule has 0 aromatic heterocycles. The van der Waals surface area contributed by atoms with E-state index in [1.165, 1.54) is 0 Å². The SMILES string of the molecule is C[C@H](CO)N1C[C@H](C)[C@H](CN(C)Cc2ccc(Cl)c(Cl)c2)Oc2c(NC(=O)C3CC3)cccc2C1=O. The number of amides is 2. The van der Waals surface area contributed by atoms with Crippen molar-refractivity contribution in [2.45, 2.75) is 45.4 Å². The molecule has 1 aliphatic carbocycles. The highest BCUT2D eigenvalue weighted by atomic mass is 35.5. The third-order valence-corrected chi connectivity index (χ3v) is 7.56. The minimum absolute atomic E-state index is 0.0167. The van der Waals surface area contributed by atoms with Gasteiger partial charge in [-0.25, -0.2) is 0 Å². The van der Waals surface area contributed by atoms with E-state index in [1.807, 2.05) is 33.0 Å². The zero-order chi connectivity index (χ0) is 26.0. The van der Waals surface area contributed by atoms with Crippen LogP contribution in [-0.2, 0) is 11.3 Å². The van der Waals surface area contributed by atoms with Gasteiger partial charge in [0.1, 0.15) is 6.10 Å². The Kier molecular flexibility index (Phi) is 8.45. The molecule has 2 aromatic rings. The number of carbonyl (C=O) groups is 2. The Hall–Kier alpha value is -2.32. The Labute approximate surface area is 222 Å². The molecule has 0 bridgehead atoms. The van der Waals surface area contributed by atoms with Crippen LogP contribution in [0.5, 0.6) is 5.75 Å². The van der Waals surface area contributed by atoms with E-state index in [9.17, 15) is 14.7 Å². The molecular weight excluding hydrogens is 501 g/mol. The van der Waals surface area contributed by atoms with Gasteiger partial charge in [0.2, 0.25) is 5.91 Å². The van der Waals surface area contributed by atoms with E-state index in [0.717, 1.165) is 18.4 Å². The summed E-state index contributed by atoms with van der Waals surface area (Å²) in [6.07, 6.45) is 1.47. The first kappa shape index (κ1) is 26.7. The molecule has 2 N–H and O–H groups in total. The fourth-order valence-corrected chi connectivity index (χ4v) is 4.78. The van der Waals surface area contributed by atoms with E-state index in [2.05, 4.69) is 10.2 Å². The van der Waals surface area contributed by atoms with Crippen molar-refractivity contribution in [1.29, 1.82) is 0 Å². The predicted molar refractivity (Wildman–Crippen MR) is 142 cm³/mol. The van der Waals surface area contributed by atoms with E-state index in [-0.39, 0.29) is 42.4 Å². The van der Waals surface area contributed by atoms with Gasteiger partial charge >= 0.3 is 0 Å². The van der Waals surface area contributed by atoms with Gasteiger partial charge in [-0.1, -0.05) is 42.3 Å². The zero-order valence-electron chi connectivity index (χ0n) is 20.8. The summed E-state index contributed by atoms with van der Waals surface area (Å²) in [6.45, 7) is 5.36. The van der Waals surface area contributed by atoms with E-state index in [1.54, 1.807) is 29.2 Å². The highest BCUT2D eigenvalue weighted by Crippen LogP contribution is 2.37. The number of halogens is 2. The van der Waals surface area contributed by atoms with Crippen LogP contribution in [0, 0.1) is 11.8 Å². The Bertz CT molecular complexity index is 1120. The third-order valence-electron chi connectivity index (χ3n) is 6.83. The summed E-state index contributed by atoms with van der Waals surface area (Å²) in [7, 11) is 2.00. The van der Waals surface area contributed by atoms with E-state index in [4.69, 9.17) is 27.9 Å². The lowest BCUT2D eigenvalue weighted by atomic mass is 9.98.